The Hall–Kier alpha value is -2.44. The second kappa shape index (κ2) is 9.48. The number of pyridine rings is 1. The summed E-state index contributed by atoms with van der Waals surface area (Å²) in [6, 6.07) is 9.92. The largest absolute Gasteiger partial charge is 0.379 e. The Balaban J connectivity index is 1.54. The Morgan fingerprint density at radius 3 is 2.74 bits per heavy atom. The van der Waals surface area contributed by atoms with Gasteiger partial charge in [-0.05, 0) is 36.6 Å². The SMILES string of the molecule is CCc1cccc(C)c1Nc1ccc(C(=O)NCCN2CCOCC2)cn1. The predicted octanol–water partition coefficient (Wildman–Crippen LogP) is 2.76. The summed E-state index contributed by atoms with van der Waals surface area (Å²) in [4.78, 5) is 19.0. The number of amides is 1. The molecule has 1 aliphatic heterocycles. The number of aromatic nitrogens is 1. The molecule has 0 unspecified atom stereocenters. The summed E-state index contributed by atoms with van der Waals surface area (Å²) in [5, 5.41) is 6.34. The van der Waals surface area contributed by atoms with Crippen LogP contribution in [-0.4, -0.2) is 55.2 Å². The normalized spacial score (nSPS) is 14.7. The first kappa shape index (κ1) is 19.3. The van der Waals surface area contributed by atoms with Crippen LogP contribution in [0.15, 0.2) is 36.5 Å². The minimum absolute atomic E-state index is 0.0903. The Morgan fingerprint density at radius 2 is 2.04 bits per heavy atom. The van der Waals surface area contributed by atoms with Crippen molar-refractivity contribution in [1.29, 1.82) is 0 Å². The summed E-state index contributed by atoms with van der Waals surface area (Å²) >= 11 is 0. The van der Waals surface area contributed by atoms with E-state index in [0.29, 0.717) is 12.1 Å². The van der Waals surface area contributed by atoms with Crippen molar-refractivity contribution in [2.45, 2.75) is 20.3 Å². The monoisotopic (exact) mass is 368 g/mol. The first-order chi connectivity index (χ1) is 13.2. The van der Waals surface area contributed by atoms with Gasteiger partial charge < -0.3 is 15.4 Å². The molecule has 0 saturated carbocycles. The van der Waals surface area contributed by atoms with Gasteiger partial charge in [0, 0.05) is 38.1 Å². The fourth-order valence-corrected chi connectivity index (χ4v) is 3.19. The molecule has 0 radical (unpaired) electrons. The maximum Gasteiger partial charge on any atom is 0.252 e. The number of ether oxygens (including phenoxy) is 1. The van der Waals surface area contributed by atoms with Gasteiger partial charge in [0.25, 0.3) is 5.91 Å². The lowest BCUT2D eigenvalue weighted by Gasteiger charge is -2.26. The molecule has 1 fully saturated rings. The van der Waals surface area contributed by atoms with Gasteiger partial charge in [0.05, 0.1) is 18.8 Å². The molecule has 144 valence electrons. The zero-order valence-corrected chi connectivity index (χ0v) is 16.1. The second-order valence-corrected chi connectivity index (χ2v) is 6.73. The molecule has 27 heavy (non-hydrogen) atoms. The number of para-hydroxylation sites is 1. The highest BCUT2D eigenvalue weighted by Gasteiger charge is 2.11. The molecule has 1 aliphatic rings. The van der Waals surface area contributed by atoms with E-state index in [0.717, 1.165) is 50.8 Å². The number of carbonyl (C=O) groups excluding carboxylic acids is 1. The van der Waals surface area contributed by atoms with Gasteiger partial charge in [-0.3, -0.25) is 9.69 Å². The highest BCUT2D eigenvalue weighted by atomic mass is 16.5. The summed E-state index contributed by atoms with van der Waals surface area (Å²) in [7, 11) is 0. The van der Waals surface area contributed by atoms with Crippen LogP contribution in [0.5, 0.6) is 0 Å². The van der Waals surface area contributed by atoms with Crippen molar-refractivity contribution >= 4 is 17.4 Å². The number of morpholine rings is 1. The number of anilines is 2. The number of benzene rings is 1. The molecule has 1 aromatic heterocycles. The molecule has 1 amide bonds. The van der Waals surface area contributed by atoms with Crippen molar-refractivity contribution in [2.24, 2.45) is 0 Å². The Bertz CT molecular complexity index is 755. The Morgan fingerprint density at radius 1 is 1.22 bits per heavy atom. The highest BCUT2D eigenvalue weighted by molar-refractivity contribution is 5.94. The van der Waals surface area contributed by atoms with E-state index >= 15 is 0 Å². The molecular weight excluding hydrogens is 340 g/mol. The molecule has 2 aromatic rings. The number of nitrogens with zero attached hydrogens (tertiary/aromatic N) is 2. The quantitative estimate of drug-likeness (QED) is 0.787. The minimum Gasteiger partial charge on any atom is -0.379 e. The number of carbonyl (C=O) groups is 1. The Labute approximate surface area is 160 Å². The van der Waals surface area contributed by atoms with E-state index in [1.54, 1.807) is 6.20 Å². The minimum atomic E-state index is -0.0903. The van der Waals surface area contributed by atoms with Crippen LogP contribution in [-0.2, 0) is 11.2 Å². The van der Waals surface area contributed by atoms with Gasteiger partial charge in [0.2, 0.25) is 0 Å². The molecule has 0 bridgehead atoms. The van der Waals surface area contributed by atoms with E-state index in [2.05, 4.69) is 52.6 Å². The smallest absolute Gasteiger partial charge is 0.252 e. The summed E-state index contributed by atoms with van der Waals surface area (Å²) in [6.45, 7) is 9.08. The first-order valence-electron chi connectivity index (χ1n) is 9.57. The molecule has 0 aliphatic carbocycles. The number of rotatable bonds is 7. The number of nitrogens with one attached hydrogen (secondary N) is 2. The van der Waals surface area contributed by atoms with Gasteiger partial charge in [-0.25, -0.2) is 4.98 Å². The molecule has 6 nitrogen and oxygen atoms in total. The standard InChI is InChI=1S/C21H28N4O2/c1-3-17-6-4-5-16(2)20(17)24-19-8-7-18(15-23-19)21(26)22-9-10-25-11-13-27-14-12-25/h4-8,15H,3,9-14H2,1-2H3,(H,22,26)(H,23,24). The van der Waals surface area contributed by atoms with Crippen LogP contribution >= 0.6 is 0 Å². The van der Waals surface area contributed by atoms with Crippen LogP contribution in [0.4, 0.5) is 11.5 Å². The summed E-state index contributed by atoms with van der Waals surface area (Å²) in [6.07, 6.45) is 2.57. The lowest BCUT2D eigenvalue weighted by atomic mass is 10.1. The number of hydrogen-bond donors (Lipinski definition) is 2. The van der Waals surface area contributed by atoms with Crippen LogP contribution in [0.3, 0.4) is 0 Å². The molecule has 3 rings (SSSR count). The van der Waals surface area contributed by atoms with Gasteiger partial charge in [-0.1, -0.05) is 25.1 Å². The molecule has 1 aromatic carbocycles. The molecular formula is C21H28N4O2. The van der Waals surface area contributed by atoms with Crippen molar-refractivity contribution in [2.75, 3.05) is 44.7 Å². The van der Waals surface area contributed by atoms with E-state index in [4.69, 9.17) is 4.74 Å². The van der Waals surface area contributed by atoms with E-state index in [1.807, 2.05) is 12.1 Å². The third kappa shape index (κ3) is 5.28. The summed E-state index contributed by atoms with van der Waals surface area (Å²) < 4.78 is 5.33. The van der Waals surface area contributed by atoms with Crippen LogP contribution in [0.2, 0.25) is 0 Å². The van der Waals surface area contributed by atoms with Crippen molar-refractivity contribution in [3.63, 3.8) is 0 Å². The fraction of sp³-hybridized carbons (Fsp3) is 0.429. The maximum atomic E-state index is 12.3. The zero-order chi connectivity index (χ0) is 19.1. The van der Waals surface area contributed by atoms with Gasteiger partial charge in [0.1, 0.15) is 5.82 Å². The molecule has 2 N–H and O–H groups in total. The highest BCUT2D eigenvalue weighted by Crippen LogP contribution is 2.24. The van der Waals surface area contributed by atoms with E-state index in [9.17, 15) is 4.79 Å². The van der Waals surface area contributed by atoms with E-state index in [1.165, 1.54) is 11.1 Å². The first-order valence-corrected chi connectivity index (χ1v) is 9.57. The molecule has 1 saturated heterocycles. The topological polar surface area (TPSA) is 66.5 Å². The van der Waals surface area contributed by atoms with Gasteiger partial charge in [0.15, 0.2) is 0 Å². The average molecular weight is 368 g/mol. The summed E-state index contributed by atoms with van der Waals surface area (Å²) in [5.41, 5.74) is 4.10. The number of hydrogen-bond acceptors (Lipinski definition) is 5. The Kier molecular flexibility index (Phi) is 6.79. The van der Waals surface area contributed by atoms with Crippen LogP contribution in [0.25, 0.3) is 0 Å². The second-order valence-electron chi connectivity index (χ2n) is 6.73. The maximum absolute atomic E-state index is 12.3. The molecule has 6 heteroatoms. The third-order valence-electron chi connectivity index (χ3n) is 4.84. The van der Waals surface area contributed by atoms with E-state index in [-0.39, 0.29) is 5.91 Å². The average Bonchev–Trinajstić information content (AvgIpc) is 2.71. The number of aryl methyl sites for hydroxylation is 2. The van der Waals surface area contributed by atoms with Gasteiger partial charge in [-0.15, -0.1) is 0 Å². The van der Waals surface area contributed by atoms with Gasteiger partial charge >= 0.3 is 0 Å². The van der Waals surface area contributed by atoms with Crippen LogP contribution in [0.1, 0.15) is 28.4 Å². The lowest BCUT2D eigenvalue weighted by Crippen LogP contribution is -2.41. The van der Waals surface area contributed by atoms with Crippen molar-refractivity contribution in [1.82, 2.24) is 15.2 Å². The zero-order valence-electron chi connectivity index (χ0n) is 16.1. The van der Waals surface area contributed by atoms with Crippen molar-refractivity contribution < 1.29 is 9.53 Å². The molecule has 0 spiro atoms. The predicted molar refractivity (Wildman–Crippen MR) is 108 cm³/mol. The van der Waals surface area contributed by atoms with Gasteiger partial charge in [-0.2, -0.15) is 0 Å². The molecule has 2 heterocycles. The molecule has 0 atom stereocenters. The van der Waals surface area contributed by atoms with E-state index < -0.39 is 0 Å². The third-order valence-corrected chi connectivity index (χ3v) is 4.84. The van der Waals surface area contributed by atoms with Crippen molar-refractivity contribution in [3.8, 4) is 0 Å². The van der Waals surface area contributed by atoms with Crippen LogP contribution in [0, 0.1) is 6.92 Å². The summed E-state index contributed by atoms with van der Waals surface area (Å²) in [5.74, 6) is 0.649. The van der Waals surface area contributed by atoms with Crippen LogP contribution < -0.4 is 10.6 Å². The fourth-order valence-electron chi connectivity index (χ4n) is 3.19. The van der Waals surface area contributed by atoms with Crippen molar-refractivity contribution in [3.05, 3.63) is 53.2 Å². The lowest BCUT2D eigenvalue weighted by molar-refractivity contribution is 0.0383.